The third-order valence-electron chi connectivity index (χ3n) is 5.19. The molecule has 0 atom stereocenters. The summed E-state index contributed by atoms with van der Waals surface area (Å²) in [6.07, 6.45) is 2.87. The Hall–Kier alpha value is -2.84. The second kappa shape index (κ2) is 11.9. The fourth-order valence-corrected chi connectivity index (χ4v) is 4.40. The number of amides is 1. The first-order valence-corrected chi connectivity index (χ1v) is 12.0. The molecule has 1 aromatic heterocycles. The molecule has 0 saturated carbocycles. The first-order chi connectivity index (χ1) is 16.0. The molecule has 1 heterocycles. The summed E-state index contributed by atoms with van der Waals surface area (Å²) in [6.45, 7) is 4.20. The van der Waals surface area contributed by atoms with Gasteiger partial charge in [-0.25, -0.2) is 4.98 Å². The van der Waals surface area contributed by atoms with Gasteiger partial charge in [0.05, 0.1) is 31.0 Å². The zero-order chi connectivity index (χ0) is 23.8. The van der Waals surface area contributed by atoms with Crippen LogP contribution in [0.2, 0.25) is 0 Å². The number of methoxy groups -OCH3 is 2. The predicted octanol–water partition coefficient (Wildman–Crippen LogP) is 5.09. The van der Waals surface area contributed by atoms with Crippen LogP contribution in [0.3, 0.4) is 0 Å². The van der Waals surface area contributed by atoms with Crippen molar-refractivity contribution in [3.8, 4) is 17.2 Å². The quantitative estimate of drug-likeness (QED) is 0.343. The largest absolute Gasteiger partial charge is 0.494 e. The molecule has 3 rings (SSSR count). The molecule has 8 heteroatoms. The molecule has 0 aliphatic rings. The normalized spacial score (nSPS) is 11.1. The molecular formula is C25H33N3O4S. The minimum atomic E-state index is -0.0901. The molecular weight excluding hydrogens is 438 g/mol. The number of carbonyl (C=O) groups excluding carboxylic acids is 1. The van der Waals surface area contributed by atoms with Crippen LogP contribution in [0.5, 0.6) is 17.2 Å². The lowest BCUT2D eigenvalue weighted by atomic mass is 10.2. The van der Waals surface area contributed by atoms with E-state index in [9.17, 15) is 4.79 Å². The standard InChI is InChI=1S/C25H33N3O4S/c1-6-7-14-32-19-11-8-10-18(15-19)24(29)28(13-9-12-27(2)3)25-26-20-16-21(30-4)22(31-5)17-23(20)33-25/h8,10-11,15-17H,6-7,9,12-14H2,1-5H3. The first-order valence-electron chi connectivity index (χ1n) is 11.2. The van der Waals surface area contributed by atoms with Crippen LogP contribution in [0.25, 0.3) is 10.2 Å². The molecule has 3 aromatic rings. The predicted molar refractivity (Wildman–Crippen MR) is 134 cm³/mol. The van der Waals surface area contributed by atoms with Crippen molar-refractivity contribution >= 4 is 32.6 Å². The van der Waals surface area contributed by atoms with Crippen LogP contribution in [0, 0.1) is 0 Å². The van der Waals surface area contributed by atoms with E-state index in [2.05, 4.69) is 11.8 Å². The van der Waals surface area contributed by atoms with Crippen molar-refractivity contribution in [2.75, 3.05) is 52.9 Å². The van der Waals surface area contributed by atoms with Gasteiger partial charge >= 0.3 is 0 Å². The number of unbranched alkanes of at least 4 members (excludes halogenated alkanes) is 1. The van der Waals surface area contributed by atoms with Crippen LogP contribution < -0.4 is 19.1 Å². The summed E-state index contributed by atoms with van der Waals surface area (Å²) >= 11 is 1.47. The number of rotatable bonds is 12. The van der Waals surface area contributed by atoms with Crippen molar-refractivity contribution in [2.24, 2.45) is 0 Å². The minimum Gasteiger partial charge on any atom is -0.494 e. The molecule has 1 amide bonds. The lowest BCUT2D eigenvalue weighted by molar-refractivity contribution is 0.0985. The van der Waals surface area contributed by atoms with Crippen molar-refractivity contribution in [2.45, 2.75) is 26.2 Å². The van der Waals surface area contributed by atoms with Crippen LogP contribution in [0.15, 0.2) is 36.4 Å². The van der Waals surface area contributed by atoms with Gasteiger partial charge in [0.1, 0.15) is 5.75 Å². The van der Waals surface area contributed by atoms with Gasteiger partial charge in [0.2, 0.25) is 0 Å². The Bertz CT molecular complexity index is 1030. The van der Waals surface area contributed by atoms with Crippen molar-refractivity contribution in [3.05, 3.63) is 42.0 Å². The maximum atomic E-state index is 13.6. The number of ether oxygens (including phenoxy) is 3. The lowest BCUT2D eigenvalue weighted by Crippen LogP contribution is -2.33. The van der Waals surface area contributed by atoms with Gasteiger partial charge in [-0.05, 0) is 51.7 Å². The molecule has 0 spiro atoms. The van der Waals surface area contributed by atoms with Crippen molar-refractivity contribution < 1.29 is 19.0 Å². The van der Waals surface area contributed by atoms with Gasteiger partial charge in [0.15, 0.2) is 16.6 Å². The minimum absolute atomic E-state index is 0.0901. The van der Waals surface area contributed by atoms with Gasteiger partial charge in [-0.1, -0.05) is 30.7 Å². The van der Waals surface area contributed by atoms with Crippen molar-refractivity contribution in [3.63, 3.8) is 0 Å². The summed E-state index contributed by atoms with van der Waals surface area (Å²) in [6, 6.07) is 11.1. The van der Waals surface area contributed by atoms with E-state index in [1.54, 1.807) is 19.1 Å². The molecule has 0 N–H and O–H groups in total. The zero-order valence-electron chi connectivity index (χ0n) is 20.1. The Morgan fingerprint density at radius 2 is 1.79 bits per heavy atom. The Kier molecular flexibility index (Phi) is 8.91. The number of hydrogen-bond acceptors (Lipinski definition) is 7. The average molecular weight is 472 g/mol. The summed E-state index contributed by atoms with van der Waals surface area (Å²) in [4.78, 5) is 22.2. The summed E-state index contributed by atoms with van der Waals surface area (Å²) in [5, 5.41) is 0.654. The molecule has 0 aliphatic heterocycles. The van der Waals surface area contributed by atoms with E-state index in [1.165, 1.54) is 11.3 Å². The molecule has 0 radical (unpaired) electrons. The maximum Gasteiger partial charge on any atom is 0.260 e. The van der Waals surface area contributed by atoms with Gasteiger partial charge in [-0.2, -0.15) is 0 Å². The molecule has 0 aliphatic carbocycles. The van der Waals surface area contributed by atoms with E-state index in [0.717, 1.165) is 36.0 Å². The Morgan fingerprint density at radius 1 is 1.03 bits per heavy atom. The third kappa shape index (κ3) is 6.36. The maximum absolute atomic E-state index is 13.6. The fraction of sp³-hybridized carbons (Fsp3) is 0.440. The van der Waals surface area contributed by atoms with E-state index in [-0.39, 0.29) is 5.91 Å². The second-order valence-corrected chi connectivity index (χ2v) is 9.02. The van der Waals surface area contributed by atoms with Gasteiger partial charge in [0.25, 0.3) is 5.91 Å². The number of benzene rings is 2. The number of aromatic nitrogens is 1. The smallest absolute Gasteiger partial charge is 0.260 e. The van der Waals surface area contributed by atoms with Crippen molar-refractivity contribution in [1.29, 1.82) is 0 Å². The average Bonchev–Trinajstić information content (AvgIpc) is 3.23. The summed E-state index contributed by atoms with van der Waals surface area (Å²) in [5.41, 5.74) is 1.36. The number of fused-ring (bicyclic) bond motifs is 1. The van der Waals surface area contributed by atoms with Crippen LogP contribution >= 0.6 is 11.3 Å². The Balaban J connectivity index is 1.93. The summed E-state index contributed by atoms with van der Waals surface area (Å²) < 4.78 is 17.6. The molecule has 0 saturated heterocycles. The van der Waals surface area contributed by atoms with Gasteiger partial charge in [-0.3, -0.25) is 9.69 Å². The number of anilines is 1. The number of nitrogens with zero attached hydrogens (tertiary/aromatic N) is 3. The van der Waals surface area contributed by atoms with E-state index < -0.39 is 0 Å². The van der Waals surface area contributed by atoms with Gasteiger partial charge in [0, 0.05) is 24.2 Å². The van der Waals surface area contributed by atoms with Crippen LogP contribution in [0.1, 0.15) is 36.5 Å². The third-order valence-corrected chi connectivity index (χ3v) is 6.23. The highest BCUT2D eigenvalue weighted by Gasteiger charge is 2.22. The zero-order valence-corrected chi connectivity index (χ0v) is 20.9. The molecule has 7 nitrogen and oxygen atoms in total. The van der Waals surface area contributed by atoms with E-state index >= 15 is 0 Å². The molecule has 0 unspecified atom stereocenters. The molecule has 0 fully saturated rings. The van der Waals surface area contributed by atoms with E-state index in [1.807, 2.05) is 50.5 Å². The highest BCUT2D eigenvalue weighted by atomic mass is 32.1. The molecule has 33 heavy (non-hydrogen) atoms. The molecule has 2 aromatic carbocycles. The summed E-state index contributed by atoms with van der Waals surface area (Å²) in [7, 11) is 7.26. The van der Waals surface area contributed by atoms with Crippen LogP contribution in [0.4, 0.5) is 5.13 Å². The molecule has 0 bridgehead atoms. The topological polar surface area (TPSA) is 64.1 Å². The van der Waals surface area contributed by atoms with Gasteiger partial charge < -0.3 is 19.1 Å². The SMILES string of the molecule is CCCCOc1cccc(C(=O)N(CCCN(C)C)c2nc3cc(OC)c(OC)cc3s2)c1. The number of thiazole rings is 1. The number of hydrogen-bond donors (Lipinski definition) is 0. The van der Waals surface area contributed by atoms with Crippen molar-refractivity contribution in [1.82, 2.24) is 9.88 Å². The Labute approximate surface area is 199 Å². The van der Waals surface area contributed by atoms with Crippen LogP contribution in [-0.4, -0.2) is 63.8 Å². The number of carbonyl (C=O) groups is 1. The highest BCUT2D eigenvalue weighted by molar-refractivity contribution is 7.22. The Morgan fingerprint density at radius 3 is 2.48 bits per heavy atom. The monoisotopic (exact) mass is 471 g/mol. The highest BCUT2D eigenvalue weighted by Crippen LogP contribution is 2.37. The van der Waals surface area contributed by atoms with E-state index in [0.29, 0.717) is 41.1 Å². The van der Waals surface area contributed by atoms with E-state index in [4.69, 9.17) is 19.2 Å². The fourth-order valence-electron chi connectivity index (χ4n) is 3.40. The molecule has 178 valence electrons. The van der Waals surface area contributed by atoms with Gasteiger partial charge in [-0.15, -0.1) is 0 Å². The lowest BCUT2D eigenvalue weighted by Gasteiger charge is -2.21. The van der Waals surface area contributed by atoms with Crippen LogP contribution in [-0.2, 0) is 0 Å². The summed E-state index contributed by atoms with van der Waals surface area (Å²) in [5.74, 6) is 1.88. The first kappa shape index (κ1) is 24.8. The second-order valence-electron chi connectivity index (χ2n) is 8.01.